The van der Waals surface area contributed by atoms with Gasteiger partial charge in [0.1, 0.15) is 17.3 Å². The van der Waals surface area contributed by atoms with Crippen LogP contribution >= 0.6 is 11.6 Å². The van der Waals surface area contributed by atoms with E-state index >= 15 is 0 Å². The molecule has 0 aliphatic rings. The summed E-state index contributed by atoms with van der Waals surface area (Å²) >= 11 is 5.72. The highest BCUT2D eigenvalue weighted by Gasteiger charge is 2.11. The van der Waals surface area contributed by atoms with Crippen LogP contribution < -0.4 is 14.8 Å². The molecule has 0 aliphatic heterocycles. The van der Waals surface area contributed by atoms with Crippen LogP contribution in [0.5, 0.6) is 11.5 Å². The van der Waals surface area contributed by atoms with Crippen molar-refractivity contribution in [1.29, 1.82) is 0 Å². The predicted octanol–water partition coefficient (Wildman–Crippen LogP) is 3.05. The minimum atomic E-state index is -0.738. The van der Waals surface area contributed by atoms with E-state index in [1.54, 1.807) is 24.3 Å². The number of hydrogen-bond acceptors (Lipinski definition) is 5. The minimum absolute atomic E-state index is 0.0944. The van der Waals surface area contributed by atoms with Gasteiger partial charge in [0.05, 0.1) is 12.8 Å². The summed E-state index contributed by atoms with van der Waals surface area (Å²) in [6, 6.07) is 10.3. The van der Waals surface area contributed by atoms with Gasteiger partial charge in [-0.15, -0.1) is 0 Å². The van der Waals surface area contributed by atoms with Gasteiger partial charge in [-0.1, -0.05) is 11.6 Å². The Morgan fingerprint density at radius 2 is 1.76 bits per heavy atom. The molecular formula is C17H15ClFNO5. The monoisotopic (exact) mass is 367 g/mol. The molecule has 2 aromatic carbocycles. The van der Waals surface area contributed by atoms with Crippen LogP contribution in [0, 0.1) is 5.82 Å². The van der Waals surface area contributed by atoms with Gasteiger partial charge >= 0.3 is 5.97 Å². The predicted molar refractivity (Wildman–Crippen MR) is 89.5 cm³/mol. The van der Waals surface area contributed by atoms with E-state index in [0.717, 1.165) is 6.07 Å². The summed E-state index contributed by atoms with van der Waals surface area (Å²) in [5, 5.41) is 2.53. The third-order valence-corrected chi connectivity index (χ3v) is 3.22. The van der Waals surface area contributed by atoms with Gasteiger partial charge in [-0.3, -0.25) is 4.79 Å². The molecule has 25 heavy (non-hydrogen) atoms. The normalized spacial score (nSPS) is 10.0. The Hall–Kier alpha value is -2.80. The zero-order valence-corrected chi connectivity index (χ0v) is 14.0. The minimum Gasteiger partial charge on any atom is -0.497 e. The van der Waals surface area contributed by atoms with E-state index in [0.29, 0.717) is 11.5 Å². The number of rotatable bonds is 7. The summed E-state index contributed by atoms with van der Waals surface area (Å²) in [6.07, 6.45) is 0. The molecule has 132 valence electrons. The molecule has 1 amide bonds. The van der Waals surface area contributed by atoms with Crippen LogP contribution in [0.4, 0.5) is 10.1 Å². The van der Waals surface area contributed by atoms with Gasteiger partial charge in [-0.25, -0.2) is 9.18 Å². The van der Waals surface area contributed by atoms with Crippen LogP contribution in [-0.4, -0.2) is 32.2 Å². The Morgan fingerprint density at radius 3 is 2.44 bits per heavy atom. The number of hydrogen-bond donors (Lipinski definition) is 1. The molecule has 0 spiro atoms. The molecule has 6 nitrogen and oxygen atoms in total. The molecule has 0 aliphatic carbocycles. The molecule has 2 aromatic rings. The zero-order valence-electron chi connectivity index (χ0n) is 13.3. The van der Waals surface area contributed by atoms with Gasteiger partial charge in [-0.05, 0) is 42.5 Å². The van der Waals surface area contributed by atoms with Crippen molar-refractivity contribution in [2.75, 3.05) is 25.6 Å². The van der Waals surface area contributed by atoms with Gasteiger partial charge in [0.2, 0.25) is 0 Å². The standard InChI is InChI=1S/C17H15ClFNO5/c1-23-12-3-5-13(6-4-12)24-10-17(22)25-9-16(21)20-15-8-11(18)2-7-14(15)19/h2-8H,9-10H2,1H3,(H,20,21). The van der Waals surface area contributed by atoms with Gasteiger partial charge < -0.3 is 19.5 Å². The molecule has 0 fully saturated rings. The number of carbonyl (C=O) groups is 2. The lowest BCUT2D eigenvalue weighted by Crippen LogP contribution is -2.24. The fraction of sp³-hybridized carbons (Fsp3) is 0.176. The van der Waals surface area contributed by atoms with Gasteiger partial charge in [0.15, 0.2) is 13.2 Å². The van der Waals surface area contributed by atoms with Crippen molar-refractivity contribution in [2.24, 2.45) is 0 Å². The zero-order chi connectivity index (χ0) is 18.2. The van der Waals surface area contributed by atoms with Crippen molar-refractivity contribution in [3.63, 3.8) is 0 Å². The van der Waals surface area contributed by atoms with Gasteiger partial charge in [0.25, 0.3) is 5.91 Å². The third kappa shape index (κ3) is 5.96. The lowest BCUT2D eigenvalue weighted by molar-refractivity contribution is -0.149. The molecule has 0 radical (unpaired) electrons. The first-order chi connectivity index (χ1) is 12.0. The van der Waals surface area contributed by atoms with Crippen molar-refractivity contribution >= 4 is 29.2 Å². The van der Waals surface area contributed by atoms with Crippen LogP contribution in [0.2, 0.25) is 5.02 Å². The maximum Gasteiger partial charge on any atom is 0.344 e. The molecule has 8 heteroatoms. The largest absolute Gasteiger partial charge is 0.497 e. The summed E-state index contributed by atoms with van der Waals surface area (Å²) in [4.78, 5) is 23.2. The summed E-state index contributed by atoms with van der Waals surface area (Å²) in [5.41, 5.74) is -0.0944. The van der Waals surface area contributed by atoms with E-state index in [-0.39, 0.29) is 17.3 Å². The number of nitrogens with one attached hydrogen (secondary N) is 1. The summed E-state index contributed by atoms with van der Waals surface area (Å²) in [5.74, 6) is -0.980. The highest BCUT2D eigenvalue weighted by atomic mass is 35.5. The summed E-state index contributed by atoms with van der Waals surface area (Å²) in [6.45, 7) is -0.943. The van der Waals surface area contributed by atoms with Crippen LogP contribution in [0.1, 0.15) is 0 Å². The Labute approximate surface area is 148 Å². The second kappa shape index (κ2) is 8.89. The van der Waals surface area contributed by atoms with Gasteiger partial charge in [0, 0.05) is 5.02 Å². The van der Waals surface area contributed by atoms with E-state index in [2.05, 4.69) is 5.32 Å². The van der Waals surface area contributed by atoms with Gasteiger partial charge in [-0.2, -0.15) is 0 Å². The number of anilines is 1. The SMILES string of the molecule is COc1ccc(OCC(=O)OCC(=O)Nc2cc(Cl)ccc2F)cc1. The second-order valence-electron chi connectivity index (χ2n) is 4.80. The Bertz CT molecular complexity index is 751. The molecule has 2 rings (SSSR count). The molecule has 0 heterocycles. The van der Waals surface area contributed by atoms with Crippen molar-refractivity contribution in [2.45, 2.75) is 0 Å². The maximum absolute atomic E-state index is 13.5. The number of ether oxygens (including phenoxy) is 3. The van der Waals surface area contributed by atoms with E-state index < -0.39 is 24.3 Å². The average molecular weight is 368 g/mol. The van der Waals surface area contributed by atoms with E-state index in [4.69, 9.17) is 25.8 Å². The van der Waals surface area contributed by atoms with Crippen molar-refractivity contribution in [1.82, 2.24) is 0 Å². The molecule has 0 aromatic heterocycles. The number of halogens is 2. The number of methoxy groups -OCH3 is 1. The number of carbonyl (C=O) groups excluding carboxylic acids is 2. The number of esters is 1. The Balaban J connectivity index is 1.75. The molecule has 0 saturated carbocycles. The van der Waals surface area contributed by atoms with Crippen LogP contribution in [-0.2, 0) is 14.3 Å². The number of benzene rings is 2. The fourth-order valence-corrected chi connectivity index (χ4v) is 1.95. The quantitative estimate of drug-likeness (QED) is 0.761. The van der Waals surface area contributed by atoms with Crippen LogP contribution in [0.25, 0.3) is 0 Å². The van der Waals surface area contributed by atoms with Crippen LogP contribution in [0.15, 0.2) is 42.5 Å². The first-order valence-corrected chi connectivity index (χ1v) is 7.53. The molecule has 1 N–H and O–H groups in total. The molecular weight excluding hydrogens is 353 g/mol. The second-order valence-corrected chi connectivity index (χ2v) is 5.23. The highest BCUT2D eigenvalue weighted by Crippen LogP contribution is 2.19. The van der Waals surface area contributed by atoms with Crippen LogP contribution in [0.3, 0.4) is 0 Å². The Kier molecular flexibility index (Phi) is 6.59. The first-order valence-electron chi connectivity index (χ1n) is 7.15. The molecule has 0 atom stereocenters. The molecule has 0 unspecified atom stereocenters. The lowest BCUT2D eigenvalue weighted by atomic mass is 10.3. The van der Waals surface area contributed by atoms with Crippen molar-refractivity contribution < 1.29 is 28.2 Å². The lowest BCUT2D eigenvalue weighted by Gasteiger charge is -2.09. The molecule has 0 saturated heterocycles. The molecule has 0 bridgehead atoms. The fourth-order valence-electron chi connectivity index (χ4n) is 1.78. The van der Waals surface area contributed by atoms with E-state index in [1.807, 2.05) is 0 Å². The topological polar surface area (TPSA) is 73.9 Å². The van der Waals surface area contributed by atoms with E-state index in [1.165, 1.54) is 19.2 Å². The summed E-state index contributed by atoms with van der Waals surface area (Å²) < 4.78 is 28.4. The highest BCUT2D eigenvalue weighted by molar-refractivity contribution is 6.30. The smallest absolute Gasteiger partial charge is 0.344 e. The summed E-state index contributed by atoms with van der Waals surface area (Å²) in [7, 11) is 1.54. The number of amides is 1. The first kappa shape index (κ1) is 18.5. The maximum atomic E-state index is 13.5. The average Bonchev–Trinajstić information content (AvgIpc) is 2.61. The van der Waals surface area contributed by atoms with Crippen molar-refractivity contribution in [3.8, 4) is 11.5 Å². The third-order valence-electron chi connectivity index (χ3n) is 2.98. The van der Waals surface area contributed by atoms with Crippen molar-refractivity contribution in [3.05, 3.63) is 53.3 Å². The Morgan fingerprint density at radius 1 is 1.08 bits per heavy atom. The van der Waals surface area contributed by atoms with E-state index in [9.17, 15) is 14.0 Å².